The van der Waals surface area contributed by atoms with Gasteiger partial charge in [-0.15, -0.1) is 0 Å². The number of urea groups is 1. The molecule has 0 aliphatic carbocycles. The second kappa shape index (κ2) is 7.07. The Morgan fingerprint density at radius 3 is 2.71 bits per heavy atom. The summed E-state index contributed by atoms with van der Waals surface area (Å²) in [5.41, 5.74) is 1.24. The molecule has 2 fully saturated rings. The molecule has 2 aliphatic rings. The number of nitrogens with one attached hydrogen (secondary N) is 2. The molecule has 2 heterocycles. The van der Waals surface area contributed by atoms with Crippen molar-refractivity contribution in [3.63, 3.8) is 0 Å². The molecule has 1 aromatic rings. The smallest absolute Gasteiger partial charge is 0.319 e. The monoisotopic (exact) mass is 334 g/mol. The lowest BCUT2D eigenvalue weighted by Crippen LogP contribution is -2.49. The fraction of sp³-hybridized carbons (Fsp3) is 0.529. The van der Waals surface area contributed by atoms with Gasteiger partial charge < -0.3 is 20.4 Å². The fourth-order valence-electron chi connectivity index (χ4n) is 3.29. The van der Waals surface area contributed by atoms with Crippen molar-refractivity contribution in [3.05, 3.63) is 24.0 Å². The van der Waals surface area contributed by atoms with Gasteiger partial charge in [0, 0.05) is 50.5 Å². The zero-order chi connectivity index (χ0) is 17.1. The number of piperidine rings is 1. The van der Waals surface area contributed by atoms with E-state index in [0.29, 0.717) is 25.1 Å². The fourth-order valence-corrected chi connectivity index (χ4v) is 3.29. The van der Waals surface area contributed by atoms with Gasteiger partial charge in [0.05, 0.1) is 0 Å². The maximum absolute atomic E-state index is 13.8. The van der Waals surface area contributed by atoms with Crippen LogP contribution < -0.4 is 15.5 Å². The van der Waals surface area contributed by atoms with Crippen molar-refractivity contribution in [3.8, 4) is 0 Å². The van der Waals surface area contributed by atoms with Crippen molar-refractivity contribution in [2.75, 3.05) is 36.9 Å². The molecular weight excluding hydrogens is 311 g/mol. The first kappa shape index (κ1) is 16.5. The molecule has 0 bridgehead atoms. The van der Waals surface area contributed by atoms with E-state index < -0.39 is 0 Å². The molecule has 0 aromatic heterocycles. The number of likely N-dealkylation sites (N-methyl/N-ethyl adjacent to an activating group) is 1. The molecular formula is C17H23FN4O2. The summed E-state index contributed by atoms with van der Waals surface area (Å²) in [6.45, 7) is 2.32. The third kappa shape index (κ3) is 3.96. The van der Waals surface area contributed by atoms with Crippen molar-refractivity contribution < 1.29 is 14.0 Å². The van der Waals surface area contributed by atoms with Crippen LogP contribution in [0.4, 0.5) is 20.6 Å². The van der Waals surface area contributed by atoms with Crippen LogP contribution in [0.2, 0.25) is 0 Å². The van der Waals surface area contributed by atoms with Gasteiger partial charge >= 0.3 is 6.03 Å². The lowest BCUT2D eigenvalue weighted by molar-refractivity contribution is -0.132. The summed E-state index contributed by atoms with van der Waals surface area (Å²) in [5, 5.41) is 5.55. The molecule has 0 saturated carbocycles. The average Bonchev–Trinajstić information content (AvgIpc) is 3.04. The number of halogens is 1. The molecule has 3 amide bonds. The Bertz CT molecular complexity index is 631. The van der Waals surface area contributed by atoms with Gasteiger partial charge in [0.15, 0.2) is 0 Å². The molecule has 0 spiro atoms. The van der Waals surface area contributed by atoms with E-state index in [4.69, 9.17) is 0 Å². The summed E-state index contributed by atoms with van der Waals surface area (Å²) in [6.07, 6.45) is 3.26. The topological polar surface area (TPSA) is 64.7 Å². The van der Waals surface area contributed by atoms with E-state index in [9.17, 15) is 14.0 Å². The molecule has 0 radical (unpaired) electrons. The van der Waals surface area contributed by atoms with E-state index in [-0.39, 0.29) is 23.8 Å². The highest BCUT2D eigenvalue weighted by molar-refractivity contribution is 5.90. The molecule has 1 aromatic carbocycles. The van der Waals surface area contributed by atoms with Crippen LogP contribution in [0.5, 0.6) is 0 Å². The lowest BCUT2D eigenvalue weighted by Gasteiger charge is -2.30. The number of rotatable bonds is 3. The molecule has 1 atom stereocenters. The van der Waals surface area contributed by atoms with E-state index in [1.807, 2.05) is 0 Å². The zero-order valence-corrected chi connectivity index (χ0v) is 13.8. The van der Waals surface area contributed by atoms with E-state index in [1.54, 1.807) is 18.0 Å². The minimum absolute atomic E-state index is 0.0840. The molecule has 6 nitrogen and oxygen atoms in total. The summed E-state index contributed by atoms with van der Waals surface area (Å²) in [5.74, 6) is -0.272. The summed E-state index contributed by atoms with van der Waals surface area (Å²) in [4.78, 5) is 27.4. The first-order valence-electron chi connectivity index (χ1n) is 8.38. The molecule has 24 heavy (non-hydrogen) atoms. The predicted octanol–water partition coefficient (Wildman–Crippen LogP) is 2.17. The van der Waals surface area contributed by atoms with Crippen LogP contribution in [-0.4, -0.2) is 49.6 Å². The number of likely N-dealkylation sites (tertiary alicyclic amines) is 1. The summed E-state index contributed by atoms with van der Waals surface area (Å²) in [6, 6.07) is 4.15. The number of amides is 3. The van der Waals surface area contributed by atoms with Gasteiger partial charge in [0.1, 0.15) is 5.82 Å². The van der Waals surface area contributed by atoms with E-state index in [2.05, 4.69) is 15.5 Å². The van der Waals surface area contributed by atoms with Crippen molar-refractivity contribution in [1.82, 2.24) is 10.2 Å². The molecule has 3 rings (SSSR count). The third-order valence-electron chi connectivity index (χ3n) is 4.57. The predicted molar refractivity (Wildman–Crippen MR) is 90.7 cm³/mol. The second-order valence-corrected chi connectivity index (χ2v) is 6.50. The highest BCUT2D eigenvalue weighted by atomic mass is 19.1. The number of hydrogen-bond acceptors (Lipinski definition) is 3. The number of nitrogens with zero attached hydrogens (tertiary/aromatic N) is 2. The van der Waals surface area contributed by atoms with Gasteiger partial charge in [0.2, 0.25) is 5.91 Å². The Labute approximate surface area is 141 Å². The van der Waals surface area contributed by atoms with Crippen molar-refractivity contribution >= 4 is 23.3 Å². The van der Waals surface area contributed by atoms with Crippen molar-refractivity contribution in [2.45, 2.75) is 31.7 Å². The van der Waals surface area contributed by atoms with Gasteiger partial charge in [-0.1, -0.05) is 0 Å². The maximum atomic E-state index is 13.8. The normalized spacial score (nSPS) is 21.1. The second-order valence-electron chi connectivity index (χ2n) is 6.50. The van der Waals surface area contributed by atoms with Crippen LogP contribution in [0, 0.1) is 5.82 Å². The van der Waals surface area contributed by atoms with Crippen LogP contribution in [0.3, 0.4) is 0 Å². The quantitative estimate of drug-likeness (QED) is 0.890. The SMILES string of the molecule is CN1CC(NC(=O)Nc2cc(F)cc(N3CCCC3)c2)CCC1=O. The Morgan fingerprint density at radius 1 is 1.25 bits per heavy atom. The standard InChI is InChI=1S/C17H23FN4O2/c1-21-11-13(4-5-16(21)23)19-17(24)20-14-8-12(18)9-15(10-14)22-6-2-3-7-22/h8-10,13H,2-7,11H2,1H3,(H2,19,20,24). The van der Waals surface area contributed by atoms with E-state index in [1.165, 1.54) is 12.1 Å². The van der Waals surface area contributed by atoms with Crippen LogP contribution in [-0.2, 0) is 4.79 Å². The highest BCUT2D eigenvalue weighted by Gasteiger charge is 2.24. The molecule has 7 heteroatoms. The number of hydrogen-bond donors (Lipinski definition) is 2. The Hall–Kier alpha value is -2.31. The molecule has 2 aliphatic heterocycles. The summed E-state index contributed by atoms with van der Waals surface area (Å²) < 4.78 is 13.8. The Morgan fingerprint density at radius 2 is 2.00 bits per heavy atom. The minimum atomic E-state index is -0.374. The van der Waals surface area contributed by atoms with Crippen LogP contribution in [0.15, 0.2) is 18.2 Å². The first-order chi connectivity index (χ1) is 11.5. The summed E-state index contributed by atoms with van der Waals surface area (Å²) in [7, 11) is 1.73. The van der Waals surface area contributed by atoms with Crippen molar-refractivity contribution in [2.24, 2.45) is 0 Å². The molecule has 2 N–H and O–H groups in total. The van der Waals surface area contributed by atoms with Crippen LogP contribution in [0.25, 0.3) is 0 Å². The van der Waals surface area contributed by atoms with Gasteiger partial charge in [-0.25, -0.2) is 9.18 Å². The molecule has 2 saturated heterocycles. The Balaban J connectivity index is 1.60. The van der Waals surface area contributed by atoms with E-state index >= 15 is 0 Å². The number of carbonyl (C=O) groups is 2. The zero-order valence-electron chi connectivity index (χ0n) is 13.8. The molecule has 130 valence electrons. The minimum Gasteiger partial charge on any atom is -0.371 e. The third-order valence-corrected chi connectivity index (χ3v) is 4.57. The van der Waals surface area contributed by atoms with Crippen molar-refractivity contribution in [1.29, 1.82) is 0 Å². The van der Waals surface area contributed by atoms with Crippen LogP contribution in [0.1, 0.15) is 25.7 Å². The van der Waals surface area contributed by atoms with E-state index in [0.717, 1.165) is 31.6 Å². The first-order valence-corrected chi connectivity index (χ1v) is 8.38. The van der Waals surface area contributed by atoms with Gasteiger partial charge in [0.25, 0.3) is 0 Å². The number of carbonyl (C=O) groups excluding carboxylic acids is 2. The lowest BCUT2D eigenvalue weighted by atomic mass is 10.1. The maximum Gasteiger partial charge on any atom is 0.319 e. The van der Waals surface area contributed by atoms with Gasteiger partial charge in [-0.2, -0.15) is 0 Å². The number of benzene rings is 1. The highest BCUT2D eigenvalue weighted by Crippen LogP contribution is 2.25. The Kier molecular flexibility index (Phi) is 4.87. The average molecular weight is 334 g/mol. The van der Waals surface area contributed by atoms with Gasteiger partial charge in [-0.05, 0) is 37.5 Å². The largest absolute Gasteiger partial charge is 0.371 e. The molecule has 1 unspecified atom stereocenters. The van der Waals surface area contributed by atoms with Gasteiger partial charge in [-0.3, -0.25) is 4.79 Å². The number of anilines is 2. The van der Waals surface area contributed by atoms with Crippen LogP contribution >= 0.6 is 0 Å². The summed E-state index contributed by atoms with van der Waals surface area (Å²) >= 11 is 0.